The molecule has 0 radical (unpaired) electrons. The van der Waals surface area contributed by atoms with Crippen LogP contribution in [0.4, 0.5) is 0 Å². The first-order valence-electron chi connectivity index (χ1n) is 5.81. The molecule has 0 N–H and O–H groups in total. The molecule has 0 amide bonds. The summed E-state index contributed by atoms with van der Waals surface area (Å²) in [5.41, 5.74) is 1.39. The van der Waals surface area contributed by atoms with Crippen molar-refractivity contribution in [1.82, 2.24) is 0 Å². The van der Waals surface area contributed by atoms with Crippen molar-refractivity contribution >= 4 is 30.0 Å². The van der Waals surface area contributed by atoms with Crippen LogP contribution in [0.1, 0.15) is 5.56 Å². The molecule has 88 valence electrons. The van der Waals surface area contributed by atoms with Crippen molar-refractivity contribution in [3.05, 3.63) is 66.2 Å². The fraction of sp³-hybridized carbons (Fsp3) is 0.0625. The number of benzene rings is 2. The molecular formula is C16H14HfP-. The van der Waals surface area contributed by atoms with Gasteiger partial charge >= 0.3 is 0 Å². The summed E-state index contributed by atoms with van der Waals surface area (Å²) in [7, 11) is 0.759. The third-order valence-corrected chi connectivity index (χ3v) is 4.45. The minimum atomic E-state index is 0. The Balaban J connectivity index is 0.00000120. The summed E-state index contributed by atoms with van der Waals surface area (Å²) in [4.78, 5) is 0. The summed E-state index contributed by atoms with van der Waals surface area (Å²) in [6.07, 6.45) is 0. The summed E-state index contributed by atoms with van der Waals surface area (Å²) in [5.74, 6) is 0. The van der Waals surface area contributed by atoms with Crippen molar-refractivity contribution < 1.29 is 25.8 Å². The van der Waals surface area contributed by atoms with Crippen molar-refractivity contribution in [2.45, 2.75) is 6.92 Å². The number of hydrogen-bond donors (Lipinski definition) is 0. The van der Waals surface area contributed by atoms with Gasteiger partial charge in [0.25, 0.3) is 0 Å². The van der Waals surface area contributed by atoms with Crippen LogP contribution in [0.25, 0.3) is 10.8 Å². The first-order chi connectivity index (χ1) is 8.33. The van der Waals surface area contributed by atoms with E-state index in [0.717, 1.165) is 8.58 Å². The van der Waals surface area contributed by atoms with E-state index in [1.165, 1.54) is 26.9 Å². The molecule has 18 heavy (non-hydrogen) atoms. The molecule has 2 heteroatoms. The summed E-state index contributed by atoms with van der Waals surface area (Å²) in [5, 5.41) is 5.58. The second-order valence-electron chi connectivity index (χ2n) is 4.31. The van der Waals surface area contributed by atoms with E-state index < -0.39 is 0 Å². The number of aryl methyl sites for hydroxylation is 1. The predicted octanol–water partition coefficient (Wildman–Crippen LogP) is 3.49. The first kappa shape index (κ1) is 13.8. The van der Waals surface area contributed by atoms with Gasteiger partial charge in [0.15, 0.2) is 0 Å². The molecule has 0 aliphatic rings. The van der Waals surface area contributed by atoms with Crippen molar-refractivity contribution in [2.75, 3.05) is 0 Å². The summed E-state index contributed by atoms with van der Waals surface area (Å²) < 4.78 is 0. The van der Waals surface area contributed by atoms with Gasteiger partial charge in [0, 0.05) is 25.8 Å². The van der Waals surface area contributed by atoms with Crippen LogP contribution in [0.15, 0.2) is 60.7 Å². The summed E-state index contributed by atoms with van der Waals surface area (Å²) >= 11 is 0. The van der Waals surface area contributed by atoms with E-state index in [1.54, 1.807) is 0 Å². The molecule has 0 saturated heterocycles. The quantitative estimate of drug-likeness (QED) is 0.341. The molecule has 0 aromatic heterocycles. The Bertz CT molecular complexity index is 622. The largest absolute Gasteiger partial charge is 0.160 e. The van der Waals surface area contributed by atoms with Gasteiger partial charge < -0.3 is 0 Å². The molecule has 0 aliphatic carbocycles. The molecule has 3 rings (SSSR count). The Morgan fingerprint density at radius 2 is 1.67 bits per heavy atom. The number of fused-ring (bicyclic) bond motifs is 1. The second-order valence-corrected chi connectivity index (χ2v) is 5.68. The normalized spacial score (nSPS) is 10.9. The van der Waals surface area contributed by atoms with Gasteiger partial charge in [-0.15, -0.1) is 40.3 Å². The summed E-state index contributed by atoms with van der Waals surface area (Å²) in [6, 6.07) is 21.8. The van der Waals surface area contributed by atoms with Gasteiger partial charge in [-0.2, -0.15) is 6.07 Å². The number of rotatable bonds is 2. The van der Waals surface area contributed by atoms with Crippen LogP contribution in [0.3, 0.4) is 0 Å². The van der Waals surface area contributed by atoms with Gasteiger partial charge in [0.05, 0.1) is 0 Å². The van der Waals surface area contributed by atoms with Crippen molar-refractivity contribution in [2.24, 2.45) is 0 Å². The van der Waals surface area contributed by atoms with E-state index in [2.05, 4.69) is 67.6 Å². The number of hydrogen-bond acceptors (Lipinski definition) is 0. The SMILES string of the molecule is Cc1ccccc1Pc1cc2ccccc2[cH-]1.[Hf]. The Labute approximate surface area is 128 Å². The van der Waals surface area contributed by atoms with Crippen molar-refractivity contribution in [1.29, 1.82) is 0 Å². The summed E-state index contributed by atoms with van der Waals surface area (Å²) in [6.45, 7) is 2.19. The fourth-order valence-electron chi connectivity index (χ4n) is 2.09. The smallest absolute Gasteiger partial charge is 0 e. The maximum atomic E-state index is 2.31. The van der Waals surface area contributed by atoms with Crippen LogP contribution in [0.2, 0.25) is 0 Å². The minimum absolute atomic E-state index is 0. The monoisotopic (exact) mass is 417 g/mol. The van der Waals surface area contributed by atoms with Gasteiger partial charge in [0.1, 0.15) is 0 Å². The van der Waals surface area contributed by atoms with Gasteiger partial charge in [-0.25, -0.2) is 0 Å². The molecule has 3 aromatic carbocycles. The first-order valence-corrected chi connectivity index (χ1v) is 6.81. The molecule has 0 nitrogen and oxygen atoms in total. The van der Waals surface area contributed by atoms with E-state index in [1.807, 2.05) is 0 Å². The predicted molar refractivity (Wildman–Crippen MR) is 78.3 cm³/mol. The van der Waals surface area contributed by atoms with E-state index in [-0.39, 0.29) is 25.8 Å². The molecule has 1 unspecified atom stereocenters. The maximum absolute atomic E-state index is 2.31. The van der Waals surface area contributed by atoms with Gasteiger partial charge in [-0.1, -0.05) is 38.9 Å². The van der Waals surface area contributed by atoms with Gasteiger partial charge in [-0.05, 0) is 17.8 Å². The van der Waals surface area contributed by atoms with E-state index in [0.29, 0.717) is 0 Å². The molecule has 3 aromatic rings. The Morgan fingerprint density at radius 1 is 0.944 bits per heavy atom. The van der Waals surface area contributed by atoms with Crippen LogP contribution >= 0.6 is 8.58 Å². The second kappa shape index (κ2) is 5.99. The standard InChI is InChI=1S/C16H14P.Hf/c1-12-6-2-5-9-16(12)17-15-10-13-7-3-4-8-14(13)11-15;/h2-11,17H,1H3;/q-1;. The third kappa shape index (κ3) is 2.84. The zero-order valence-corrected chi connectivity index (χ0v) is 14.9. The van der Waals surface area contributed by atoms with Gasteiger partial charge in [-0.3, -0.25) is 0 Å². The Morgan fingerprint density at radius 3 is 2.44 bits per heavy atom. The van der Waals surface area contributed by atoms with Crippen molar-refractivity contribution in [3.63, 3.8) is 0 Å². The zero-order chi connectivity index (χ0) is 11.7. The van der Waals surface area contributed by atoms with E-state index in [4.69, 9.17) is 0 Å². The molecule has 1 atom stereocenters. The Hall–Kier alpha value is -0.650. The fourth-order valence-corrected chi connectivity index (χ4v) is 3.32. The van der Waals surface area contributed by atoms with Crippen LogP contribution in [0, 0.1) is 6.92 Å². The van der Waals surface area contributed by atoms with Crippen molar-refractivity contribution in [3.8, 4) is 0 Å². The average molecular weight is 416 g/mol. The van der Waals surface area contributed by atoms with Crippen LogP contribution in [-0.2, 0) is 25.8 Å². The molecule has 0 heterocycles. The molecule has 0 spiro atoms. The van der Waals surface area contributed by atoms with Crippen LogP contribution in [-0.4, -0.2) is 0 Å². The molecule has 0 bridgehead atoms. The maximum Gasteiger partial charge on any atom is 0 e. The third-order valence-electron chi connectivity index (χ3n) is 3.04. The van der Waals surface area contributed by atoms with Crippen LogP contribution < -0.4 is 10.6 Å². The topological polar surface area (TPSA) is 0 Å². The zero-order valence-electron chi connectivity index (χ0n) is 10.3. The molecule has 0 fully saturated rings. The molecule has 0 saturated carbocycles. The molecular weight excluding hydrogens is 402 g/mol. The average Bonchev–Trinajstić information content (AvgIpc) is 2.74. The minimum Gasteiger partial charge on any atom is -0.160 e. The Kier molecular flexibility index (Phi) is 4.59. The van der Waals surface area contributed by atoms with E-state index >= 15 is 0 Å². The van der Waals surface area contributed by atoms with Gasteiger partial charge in [0.2, 0.25) is 0 Å². The van der Waals surface area contributed by atoms with Crippen LogP contribution in [0.5, 0.6) is 0 Å². The molecule has 0 aliphatic heterocycles. The van der Waals surface area contributed by atoms with E-state index in [9.17, 15) is 0 Å².